The molecule has 0 aromatic heterocycles. The van der Waals surface area contributed by atoms with Crippen LogP contribution < -0.4 is 0 Å². The van der Waals surface area contributed by atoms with Crippen LogP contribution in [0.15, 0.2) is 24.3 Å². The molecular formula is C51H94O12S. The van der Waals surface area contributed by atoms with Crippen molar-refractivity contribution in [2.75, 3.05) is 19.0 Å². The molecule has 0 spiro atoms. The summed E-state index contributed by atoms with van der Waals surface area (Å²) in [6.07, 6.45) is 38.1. The number of carbonyl (C=O) groups is 2. The van der Waals surface area contributed by atoms with Crippen molar-refractivity contribution >= 4 is 22.1 Å². The quantitative estimate of drug-likeness (QED) is 0.0196. The Balaban J connectivity index is 2.34. The standard InChI is InChI=1S/C51H94O12S/c1-3-5-7-9-11-13-15-17-18-19-20-21-22-23-24-25-26-28-29-31-33-35-37-39-46(52)60-41-44(42-61-51-50(56)49(55)48(54)45(63-51)43-64(57,58)59)62-47(53)40-38-36-34-32-30-27-16-14-12-10-8-6-4-2/h14,16,31,33,44-45,48-51,54-56H,3-13,15,17-30,32,34-43H2,1-2H3,(H,57,58,59)/b16-14+,33-31+/t44-,45-,48-,49?,50?,51+/m1/s1. The molecule has 4 N–H and O–H groups in total. The first kappa shape index (κ1) is 60.1. The van der Waals surface area contributed by atoms with Crippen molar-refractivity contribution in [1.82, 2.24) is 0 Å². The van der Waals surface area contributed by atoms with E-state index >= 15 is 0 Å². The molecule has 1 heterocycles. The predicted molar refractivity (Wildman–Crippen MR) is 256 cm³/mol. The molecule has 0 radical (unpaired) electrons. The first-order chi connectivity index (χ1) is 31.0. The van der Waals surface area contributed by atoms with Crippen LogP contribution in [0, 0.1) is 0 Å². The lowest BCUT2D eigenvalue weighted by atomic mass is 10.00. The van der Waals surface area contributed by atoms with E-state index in [0.717, 1.165) is 51.4 Å². The number of rotatable bonds is 44. The second-order valence-corrected chi connectivity index (χ2v) is 19.7. The smallest absolute Gasteiger partial charge is 0.306 e. The predicted octanol–water partition coefficient (Wildman–Crippen LogP) is 11.6. The highest BCUT2D eigenvalue weighted by molar-refractivity contribution is 7.85. The molecule has 0 aliphatic carbocycles. The minimum absolute atomic E-state index is 0.151. The minimum atomic E-state index is -4.61. The molecule has 0 aromatic rings. The highest BCUT2D eigenvalue weighted by Crippen LogP contribution is 2.24. The Labute approximate surface area is 389 Å². The molecule has 6 atom stereocenters. The minimum Gasteiger partial charge on any atom is -0.462 e. The molecule has 1 rings (SSSR count). The maximum absolute atomic E-state index is 12.8. The van der Waals surface area contributed by atoms with Gasteiger partial charge in [-0.05, 0) is 57.8 Å². The fraction of sp³-hybridized carbons (Fsp3) is 0.882. The van der Waals surface area contributed by atoms with Gasteiger partial charge >= 0.3 is 11.9 Å². The molecule has 2 unspecified atom stereocenters. The molecule has 1 fully saturated rings. The zero-order valence-electron chi connectivity index (χ0n) is 40.4. The SMILES string of the molecule is CCCCCC/C=C/CCCCCCCC(=O)O[C@H](COC(=O)CCC/C=C/CCCCCCCCCCCCCCCCCCCC)CO[C@H]1O[C@H](CS(=O)(=O)O)[C@@H](O)C(O)C1O. The number of aliphatic hydroxyl groups excluding tert-OH is 3. The summed E-state index contributed by atoms with van der Waals surface area (Å²) >= 11 is 0. The monoisotopic (exact) mass is 931 g/mol. The van der Waals surface area contributed by atoms with Gasteiger partial charge in [-0.1, -0.05) is 186 Å². The van der Waals surface area contributed by atoms with Gasteiger partial charge in [0.05, 0.1) is 6.61 Å². The Morgan fingerprint density at radius 3 is 1.36 bits per heavy atom. The summed E-state index contributed by atoms with van der Waals surface area (Å²) in [5.74, 6) is -2.02. The Bertz CT molecular complexity index is 1270. The maximum atomic E-state index is 12.8. The highest BCUT2D eigenvalue weighted by Gasteiger charge is 2.46. The number of aliphatic hydroxyl groups is 3. The van der Waals surface area contributed by atoms with Gasteiger partial charge in [-0.15, -0.1) is 0 Å². The average molecular weight is 931 g/mol. The van der Waals surface area contributed by atoms with Crippen LogP contribution in [0.4, 0.5) is 0 Å². The molecule has 12 nitrogen and oxygen atoms in total. The van der Waals surface area contributed by atoms with Crippen LogP contribution in [-0.2, 0) is 38.7 Å². The van der Waals surface area contributed by atoms with Crippen LogP contribution in [0.1, 0.15) is 232 Å². The van der Waals surface area contributed by atoms with E-state index in [9.17, 15) is 37.9 Å². The molecule has 64 heavy (non-hydrogen) atoms. The number of allylic oxidation sites excluding steroid dienone is 4. The third-order valence-electron chi connectivity index (χ3n) is 12.0. The largest absolute Gasteiger partial charge is 0.462 e. The van der Waals surface area contributed by atoms with E-state index < -0.39 is 71.2 Å². The first-order valence-electron chi connectivity index (χ1n) is 25.9. The lowest BCUT2D eigenvalue weighted by Gasteiger charge is -2.40. The lowest BCUT2D eigenvalue weighted by Crippen LogP contribution is -2.60. The summed E-state index contributed by atoms with van der Waals surface area (Å²) in [5.41, 5.74) is 0. The van der Waals surface area contributed by atoms with Gasteiger partial charge in [-0.3, -0.25) is 14.1 Å². The third-order valence-corrected chi connectivity index (χ3v) is 12.8. The number of carbonyl (C=O) groups excluding carboxylic acids is 2. The second-order valence-electron chi connectivity index (χ2n) is 18.2. The van der Waals surface area contributed by atoms with Crippen molar-refractivity contribution < 1.29 is 56.8 Å². The zero-order chi connectivity index (χ0) is 46.9. The van der Waals surface area contributed by atoms with Gasteiger partial charge in [-0.2, -0.15) is 8.42 Å². The van der Waals surface area contributed by atoms with Crippen molar-refractivity contribution in [2.45, 2.75) is 269 Å². The first-order valence-corrected chi connectivity index (χ1v) is 27.5. The number of hydrogen-bond acceptors (Lipinski definition) is 11. The van der Waals surface area contributed by atoms with Crippen LogP contribution in [0.25, 0.3) is 0 Å². The Morgan fingerprint density at radius 2 is 0.906 bits per heavy atom. The number of hydrogen-bond donors (Lipinski definition) is 4. The molecule has 0 aromatic carbocycles. The van der Waals surface area contributed by atoms with Crippen LogP contribution in [-0.4, -0.2) is 96.0 Å². The fourth-order valence-corrected chi connectivity index (χ4v) is 8.66. The van der Waals surface area contributed by atoms with E-state index in [-0.39, 0.29) is 19.4 Å². The van der Waals surface area contributed by atoms with Crippen LogP contribution in [0.5, 0.6) is 0 Å². The van der Waals surface area contributed by atoms with Gasteiger partial charge in [0.15, 0.2) is 12.4 Å². The van der Waals surface area contributed by atoms with Crippen molar-refractivity contribution in [3.8, 4) is 0 Å². The van der Waals surface area contributed by atoms with Gasteiger partial charge in [0.25, 0.3) is 10.1 Å². The van der Waals surface area contributed by atoms with E-state index in [0.29, 0.717) is 12.8 Å². The summed E-state index contributed by atoms with van der Waals surface area (Å²) in [5, 5.41) is 30.9. The van der Waals surface area contributed by atoms with Crippen LogP contribution >= 0.6 is 0 Å². The molecule has 13 heteroatoms. The molecule has 0 saturated carbocycles. The van der Waals surface area contributed by atoms with Gasteiger partial charge in [0, 0.05) is 12.8 Å². The van der Waals surface area contributed by atoms with Gasteiger partial charge in [-0.25, -0.2) is 0 Å². The highest BCUT2D eigenvalue weighted by atomic mass is 32.2. The van der Waals surface area contributed by atoms with Gasteiger partial charge in [0.2, 0.25) is 0 Å². The normalized spacial score (nSPS) is 19.8. The van der Waals surface area contributed by atoms with E-state index in [2.05, 4.69) is 38.2 Å². The third kappa shape index (κ3) is 35.3. The topological polar surface area (TPSA) is 186 Å². The summed E-state index contributed by atoms with van der Waals surface area (Å²) in [6.45, 7) is 3.74. The summed E-state index contributed by atoms with van der Waals surface area (Å²) in [7, 11) is -4.61. The Morgan fingerprint density at radius 1 is 0.516 bits per heavy atom. The van der Waals surface area contributed by atoms with E-state index in [1.54, 1.807) is 0 Å². The average Bonchev–Trinajstić information content (AvgIpc) is 3.26. The van der Waals surface area contributed by atoms with Crippen LogP contribution in [0.2, 0.25) is 0 Å². The van der Waals surface area contributed by atoms with E-state index in [4.69, 9.17) is 18.9 Å². The summed E-state index contributed by atoms with van der Waals surface area (Å²) < 4.78 is 54.1. The van der Waals surface area contributed by atoms with E-state index in [1.165, 1.54) is 141 Å². The molecule has 0 amide bonds. The molecule has 1 aliphatic heterocycles. The second kappa shape index (κ2) is 41.3. The Hall–Kier alpha value is -1.87. The lowest BCUT2D eigenvalue weighted by molar-refractivity contribution is -0.297. The fourth-order valence-electron chi connectivity index (χ4n) is 7.97. The van der Waals surface area contributed by atoms with Crippen molar-refractivity contribution in [2.24, 2.45) is 0 Å². The molecule has 376 valence electrons. The number of unbranched alkanes of at least 4 members (excludes halogenated alkanes) is 28. The maximum Gasteiger partial charge on any atom is 0.306 e. The van der Waals surface area contributed by atoms with Crippen molar-refractivity contribution in [3.63, 3.8) is 0 Å². The number of ether oxygens (including phenoxy) is 4. The van der Waals surface area contributed by atoms with Crippen molar-refractivity contribution in [3.05, 3.63) is 24.3 Å². The van der Waals surface area contributed by atoms with E-state index in [1.807, 2.05) is 0 Å². The summed E-state index contributed by atoms with van der Waals surface area (Å²) in [6, 6.07) is 0. The van der Waals surface area contributed by atoms with Gasteiger partial charge in [0.1, 0.15) is 36.8 Å². The molecule has 0 bridgehead atoms. The van der Waals surface area contributed by atoms with Crippen molar-refractivity contribution in [1.29, 1.82) is 0 Å². The zero-order valence-corrected chi connectivity index (χ0v) is 41.2. The molecular weight excluding hydrogens is 837 g/mol. The number of esters is 2. The Kier molecular flexibility index (Phi) is 38.8. The molecule has 1 aliphatic rings. The summed E-state index contributed by atoms with van der Waals surface area (Å²) in [4.78, 5) is 25.5. The van der Waals surface area contributed by atoms with Crippen LogP contribution in [0.3, 0.4) is 0 Å². The van der Waals surface area contributed by atoms with Gasteiger partial charge < -0.3 is 34.3 Å². The molecule has 1 saturated heterocycles.